The number of nitrogens with zero attached hydrogens (tertiary/aromatic N) is 2. The molecule has 0 saturated heterocycles. The van der Waals surface area contributed by atoms with Crippen LogP contribution < -0.4 is 0 Å². The van der Waals surface area contributed by atoms with Crippen molar-refractivity contribution in [2.75, 3.05) is 0 Å². The summed E-state index contributed by atoms with van der Waals surface area (Å²) >= 11 is 0. The van der Waals surface area contributed by atoms with E-state index in [1.165, 1.54) is 0 Å². The summed E-state index contributed by atoms with van der Waals surface area (Å²) in [4.78, 5) is 10.8. The molecule has 0 aliphatic carbocycles. The molecule has 5 nitrogen and oxygen atoms in total. The molecule has 2 aliphatic rings. The maximum atomic E-state index is 10.8. The smallest absolute Gasteiger partial charge is 0.357 e. The number of carboxylic acid groups (broad SMARTS) is 1. The van der Waals surface area contributed by atoms with Crippen molar-refractivity contribution in [3.05, 3.63) is 23.9 Å². The van der Waals surface area contributed by atoms with Gasteiger partial charge in [0.1, 0.15) is 11.3 Å². The Bertz CT molecular complexity index is 586. The summed E-state index contributed by atoms with van der Waals surface area (Å²) in [5, 5.41) is 16.2. The van der Waals surface area contributed by atoms with Gasteiger partial charge in [-0.05, 0) is 18.2 Å². The Balaban J connectivity index is 2.44. The third-order valence-electron chi connectivity index (χ3n) is 2.11. The van der Waals surface area contributed by atoms with Crippen molar-refractivity contribution >= 4 is 17.1 Å². The predicted octanol–water partition coefficient (Wildman–Crippen LogP) is 1.46. The van der Waals surface area contributed by atoms with Crippen molar-refractivity contribution in [3.8, 4) is 11.3 Å². The summed E-state index contributed by atoms with van der Waals surface area (Å²) < 4.78 is 5.29. The second-order valence-electron chi connectivity index (χ2n) is 2.96. The minimum atomic E-state index is -1.07. The molecular weight excluding hydrogens is 184 g/mol. The van der Waals surface area contributed by atoms with Crippen LogP contribution in [0.15, 0.2) is 22.6 Å². The zero-order valence-electron chi connectivity index (χ0n) is 6.89. The molecule has 0 atom stereocenters. The standard InChI is InChI=1S/C9H4N2O3/c12-9(13)8-5-3-4-1-2-6(14-4)7(5)10-11-8/h1-3H,(H,12,13). The first kappa shape index (κ1) is 7.25. The van der Waals surface area contributed by atoms with E-state index in [9.17, 15) is 4.79 Å². The first-order chi connectivity index (χ1) is 6.75. The largest absolute Gasteiger partial charge is 0.476 e. The minimum absolute atomic E-state index is 0.0259. The van der Waals surface area contributed by atoms with Gasteiger partial charge in [-0.15, -0.1) is 10.2 Å². The molecule has 0 aromatic carbocycles. The second kappa shape index (κ2) is 2.20. The second-order valence-corrected chi connectivity index (χ2v) is 2.96. The van der Waals surface area contributed by atoms with Crippen LogP contribution in [0.4, 0.5) is 0 Å². The van der Waals surface area contributed by atoms with Crippen molar-refractivity contribution in [1.29, 1.82) is 0 Å². The van der Waals surface area contributed by atoms with E-state index >= 15 is 0 Å². The highest BCUT2D eigenvalue weighted by molar-refractivity contribution is 5.97. The Kier molecular flexibility index (Phi) is 1.14. The summed E-state index contributed by atoms with van der Waals surface area (Å²) in [6, 6.07) is 5.15. The monoisotopic (exact) mass is 188 g/mol. The van der Waals surface area contributed by atoms with Crippen LogP contribution in [-0.4, -0.2) is 21.3 Å². The van der Waals surface area contributed by atoms with Crippen LogP contribution in [0.1, 0.15) is 10.5 Å². The Morgan fingerprint density at radius 3 is 3.00 bits per heavy atom. The van der Waals surface area contributed by atoms with E-state index < -0.39 is 5.97 Å². The molecule has 1 aromatic rings. The lowest BCUT2D eigenvalue weighted by atomic mass is 10.1. The Morgan fingerprint density at radius 2 is 2.21 bits per heavy atom. The minimum Gasteiger partial charge on any atom is -0.476 e. The molecule has 1 aromatic heterocycles. The lowest BCUT2D eigenvalue weighted by Crippen LogP contribution is -1.97. The van der Waals surface area contributed by atoms with E-state index in [1.807, 2.05) is 0 Å². The average Bonchev–Trinajstić information content (AvgIpc) is 2.71. The molecular formula is C9H4N2O3. The highest BCUT2D eigenvalue weighted by atomic mass is 16.4. The number of fused-ring (bicyclic) bond motifs is 4. The van der Waals surface area contributed by atoms with Crippen LogP contribution in [0, 0.1) is 0 Å². The van der Waals surface area contributed by atoms with Gasteiger partial charge in [0.25, 0.3) is 0 Å². The summed E-state index contributed by atoms with van der Waals surface area (Å²) in [6.45, 7) is 0. The van der Waals surface area contributed by atoms with Crippen LogP contribution in [0.3, 0.4) is 0 Å². The molecule has 2 bridgehead atoms. The molecule has 3 heterocycles. The van der Waals surface area contributed by atoms with Crippen LogP contribution in [0.25, 0.3) is 22.4 Å². The average molecular weight is 188 g/mol. The number of aromatic carboxylic acids is 1. The van der Waals surface area contributed by atoms with Crippen molar-refractivity contribution in [3.63, 3.8) is 0 Å². The molecule has 0 unspecified atom stereocenters. The number of aromatic nitrogens is 2. The third kappa shape index (κ3) is 0.756. The molecule has 0 amide bonds. The van der Waals surface area contributed by atoms with E-state index in [-0.39, 0.29) is 5.69 Å². The molecule has 5 heteroatoms. The van der Waals surface area contributed by atoms with Crippen molar-refractivity contribution in [2.45, 2.75) is 0 Å². The van der Waals surface area contributed by atoms with Gasteiger partial charge >= 0.3 is 5.97 Å². The Morgan fingerprint density at radius 1 is 1.36 bits per heavy atom. The fraction of sp³-hybridized carbons (Fsp3) is 0. The van der Waals surface area contributed by atoms with Gasteiger partial charge in [0.2, 0.25) is 0 Å². The zero-order valence-corrected chi connectivity index (χ0v) is 6.89. The number of hydrogen-bond acceptors (Lipinski definition) is 4. The van der Waals surface area contributed by atoms with Gasteiger partial charge in [-0.2, -0.15) is 0 Å². The lowest BCUT2D eigenvalue weighted by molar-refractivity contribution is 0.0691. The summed E-state index contributed by atoms with van der Waals surface area (Å²) in [7, 11) is 0. The molecule has 2 aliphatic heterocycles. The SMILES string of the molecule is O=C(O)c1nnc2c3ccc(cc1-2)o3. The van der Waals surface area contributed by atoms with Crippen LogP contribution >= 0.6 is 0 Å². The van der Waals surface area contributed by atoms with Crippen LogP contribution in [0.2, 0.25) is 0 Å². The lowest BCUT2D eigenvalue weighted by Gasteiger charge is -1.95. The van der Waals surface area contributed by atoms with Crippen LogP contribution in [-0.2, 0) is 0 Å². The van der Waals surface area contributed by atoms with Gasteiger partial charge in [0, 0.05) is 5.56 Å². The molecule has 0 spiro atoms. The highest BCUT2D eigenvalue weighted by Crippen LogP contribution is 2.31. The fourth-order valence-corrected chi connectivity index (χ4v) is 1.50. The predicted molar refractivity (Wildman–Crippen MR) is 46.6 cm³/mol. The quantitative estimate of drug-likeness (QED) is 0.625. The van der Waals surface area contributed by atoms with Gasteiger partial charge in [-0.25, -0.2) is 4.79 Å². The molecule has 1 N–H and O–H groups in total. The normalized spacial score (nSPS) is 11.4. The Hall–Kier alpha value is -2.17. The topological polar surface area (TPSA) is 76.2 Å². The van der Waals surface area contributed by atoms with Gasteiger partial charge < -0.3 is 9.52 Å². The van der Waals surface area contributed by atoms with Crippen molar-refractivity contribution in [1.82, 2.24) is 10.2 Å². The van der Waals surface area contributed by atoms with Crippen molar-refractivity contribution in [2.24, 2.45) is 0 Å². The van der Waals surface area contributed by atoms with E-state index in [2.05, 4.69) is 10.2 Å². The highest BCUT2D eigenvalue weighted by Gasteiger charge is 2.22. The van der Waals surface area contributed by atoms with E-state index in [1.54, 1.807) is 18.2 Å². The Labute approximate surface area is 77.7 Å². The number of carbonyl (C=O) groups is 1. The molecule has 14 heavy (non-hydrogen) atoms. The van der Waals surface area contributed by atoms with Gasteiger partial charge in [0.05, 0.1) is 0 Å². The van der Waals surface area contributed by atoms with Gasteiger partial charge in [-0.3, -0.25) is 0 Å². The molecule has 68 valence electrons. The summed E-state index contributed by atoms with van der Waals surface area (Å²) in [6.07, 6.45) is 0. The van der Waals surface area contributed by atoms with Gasteiger partial charge in [0.15, 0.2) is 11.3 Å². The maximum Gasteiger partial charge on any atom is 0.357 e. The maximum absolute atomic E-state index is 10.8. The first-order valence-corrected chi connectivity index (χ1v) is 3.97. The zero-order chi connectivity index (χ0) is 9.71. The number of hydrogen-bond donors (Lipinski definition) is 1. The van der Waals surface area contributed by atoms with Gasteiger partial charge in [-0.1, -0.05) is 0 Å². The number of carboxylic acids is 1. The van der Waals surface area contributed by atoms with E-state index in [0.29, 0.717) is 22.4 Å². The molecule has 3 rings (SSSR count). The third-order valence-corrected chi connectivity index (χ3v) is 2.11. The fourth-order valence-electron chi connectivity index (χ4n) is 1.50. The van der Waals surface area contributed by atoms with E-state index in [4.69, 9.17) is 9.52 Å². The summed E-state index contributed by atoms with van der Waals surface area (Å²) in [5.74, 6) is -1.07. The number of furan rings is 1. The van der Waals surface area contributed by atoms with Crippen LogP contribution in [0.5, 0.6) is 0 Å². The molecule has 0 fully saturated rings. The molecule has 0 radical (unpaired) electrons. The van der Waals surface area contributed by atoms with E-state index in [0.717, 1.165) is 0 Å². The summed E-state index contributed by atoms with van der Waals surface area (Å²) in [5.41, 5.74) is 2.20. The first-order valence-electron chi connectivity index (χ1n) is 3.97. The molecule has 0 saturated carbocycles. The van der Waals surface area contributed by atoms with Crippen molar-refractivity contribution < 1.29 is 14.3 Å². The number of rotatable bonds is 1.